The molecule has 3 aliphatic carbocycles. The van der Waals surface area contributed by atoms with Crippen LogP contribution in [0.5, 0.6) is 0 Å². The Bertz CT molecular complexity index is 863. The number of carbonyl (C=O) groups excluding carboxylic acids is 3. The largest absolute Gasteiger partial charge is 0.461 e. The minimum atomic E-state index is -1.86. The molecule has 5 fully saturated rings. The van der Waals surface area contributed by atoms with Crippen molar-refractivity contribution in [1.82, 2.24) is 0 Å². The van der Waals surface area contributed by atoms with Gasteiger partial charge in [0.1, 0.15) is 12.2 Å². The monoisotopic (exact) mass is 420 g/mol. The summed E-state index contributed by atoms with van der Waals surface area (Å²) in [6.07, 6.45) is -2.40. The molecule has 5 rings (SSSR count). The van der Waals surface area contributed by atoms with E-state index in [-0.39, 0.29) is 24.0 Å². The molecule has 2 spiro atoms. The average molecular weight is 420 g/mol. The molecule has 8 nitrogen and oxygen atoms in total. The fraction of sp³-hybridized carbons (Fsp3) is 0.773. The maximum Gasteiger partial charge on any atom is 0.324 e. The number of carbonyl (C=O) groups is 3. The summed E-state index contributed by atoms with van der Waals surface area (Å²) in [5, 5.41) is 22.1. The highest BCUT2D eigenvalue weighted by Crippen LogP contribution is 2.71. The highest BCUT2D eigenvalue weighted by Gasteiger charge is 2.82. The zero-order valence-corrected chi connectivity index (χ0v) is 17.4. The summed E-state index contributed by atoms with van der Waals surface area (Å²) < 4.78 is 17.2. The second-order valence-electron chi connectivity index (χ2n) is 10.4. The molecule has 9 atom stereocenters. The lowest BCUT2D eigenvalue weighted by Crippen LogP contribution is -2.74. The number of esters is 2. The molecule has 2 heterocycles. The molecule has 0 radical (unpaired) electrons. The van der Waals surface area contributed by atoms with E-state index in [1.165, 1.54) is 6.92 Å². The summed E-state index contributed by atoms with van der Waals surface area (Å²) >= 11 is 0. The maximum atomic E-state index is 13.6. The summed E-state index contributed by atoms with van der Waals surface area (Å²) in [6, 6.07) is 0. The first-order valence-electron chi connectivity index (χ1n) is 10.6. The van der Waals surface area contributed by atoms with Crippen LogP contribution in [0.1, 0.15) is 40.0 Å². The van der Waals surface area contributed by atoms with Crippen molar-refractivity contribution in [3.05, 3.63) is 12.2 Å². The van der Waals surface area contributed by atoms with Crippen LogP contribution in [0.4, 0.5) is 0 Å². The predicted octanol–water partition coefficient (Wildman–Crippen LogP) is 0.737. The Labute approximate surface area is 174 Å². The first-order valence-corrected chi connectivity index (χ1v) is 10.6. The van der Waals surface area contributed by atoms with Gasteiger partial charge in [-0.25, -0.2) is 0 Å². The van der Waals surface area contributed by atoms with Gasteiger partial charge in [0.05, 0.1) is 12.7 Å². The van der Waals surface area contributed by atoms with Crippen LogP contribution in [0, 0.1) is 34.0 Å². The first kappa shape index (κ1) is 20.2. The SMILES string of the molecule is C=C1C(=O)[C@@]23C(=O)O[C@@H]4CCC(C)(C)[C@H]5[C@@H](O)OC[C@]54[C@H]2[C@H](O)C[C@@H]1[C@H]3OC(C)=O. The van der Waals surface area contributed by atoms with Gasteiger partial charge >= 0.3 is 11.9 Å². The Hall–Kier alpha value is -1.77. The third kappa shape index (κ3) is 2.05. The molecule has 0 aromatic heterocycles. The van der Waals surface area contributed by atoms with Crippen LogP contribution in [0.15, 0.2) is 12.2 Å². The third-order valence-electron chi connectivity index (χ3n) is 8.62. The lowest BCUT2D eigenvalue weighted by molar-refractivity contribution is -0.268. The van der Waals surface area contributed by atoms with Crippen LogP contribution >= 0.6 is 0 Å². The van der Waals surface area contributed by atoms with Gasteiger partial charge in [0, 0.05) is 30.1 Å². The van der Waals surface area contributed by atoms with Crippen molar-refractivity contribution < 1.29 is 38.8 Å². The third-order valence-corrected chi connectivity index (χ3v) is 8.62. The van der Waals surface area contributed by atoms with Crippen molar-refractivity contribution in [3.8, 4) is 0 Å². The van der Waals surface area contributed by atoms with Gasteiger partial charge < -0.3 is 24.4 Å². The molecule has 0 aromatic carbocycles. The number of fused-ring (bicyclic) bond motifs is 1. The topological polar surface area (TPSA) is 119 Å². The fourth-order valence-corrected chi connectivity index (χ4v) is 7.71. The minimum absolute atomic E-state index is 0.0564. The number of Topliss-reactive ketones (excluding diaryl/α,β-unsaturated/α-hetero) is 1. The fourth-order valence-electron chi connectivity index (χ4n) is 7.71. The number of ether oxygens (including phenoxy) is 3. The normalized spacial score (nSPS) is 51.0. The van der Waals surface area contributed by atoms with Crippen LogP contribution in [-0.4, -0.2) is 59.1 Å². The average Bonchev–Trinajstić information content (AvgIpc) is 3.06. The van der Waals surface area contributed by atoms with Crippen molar-refractivity contribution in [2.45, 2.75) is 64.6 Å². The molecule has 0 aromatic rings. The highest BCUT2D eigenvalue weighted by atomic mass is 16.6. The van der Waals surface area contributed by atoms with Crippen molar-refractivity contribution in [3.63, 3.8) is 0 Å². The van der Waals surface area contributed by atoms with E-state index in [0.717, 1.165) is 0 Å². The van der Waals surface area contributed by atoms with E-state index in [9.17, 15) is 24.6 Å². The molecule has 2 N–H and O–H groups in total. The Kier molecular flexibility index (Phi) is 3.98. The second-order valence-corrected chi connectivity index (χ2v) is 10.4. The van der Waals surface area contributed by atoms with E-state index in [0.29, 0.717) is 12.8 Å². The Balaban J connectivity index is 1.77. The number of rotatable bonds is 1. The summed E-state index contributed by atoms with van der Waals surface area (Å²) in [5.41, 5.74) is -3.01. The van der Waals surface area contributed by atoms with Crippen molar-refractivity contribution >= 4 is 17.7 Å². The standard InChI is InChI=1S/C22H28O8/c1-9-11-7-12(24)14-21-8-28-18(26)15(21)20(3,4)6-5-13(21)30-19(27)22(14,16(9)25)17(11)29-10(2)23/h11-15,17-18,24,26H,1,5-8H2,2-4H3/t11-,12+,13+,14+,15+,17+,18-,21-,22-/m0/s1. The molecule has 8 heteroatoms. The van der Waals surface area contributed by atoms with Gasteiger partial charge in [-0.3, -0.25) is 14.4 Å². The molecule has 2 bridgehead atoms. The van der Waals surface area contributed by atoms with Gasteiger partial charge in [-0.1, -0.05) is 20.4 Å². The number of hydrogen-bond acceptors (Lipinski definition) is 8. The molecule has 2 saturated heterocycles. The molecule has 0 amide bonds. The lowest BCUT2D eigenvalue weighted by atomic mass is 9.43. The molecule has 0 unspecified atom stereocenters. The van der Waals surface area contributed by atoms with Crippen molar-refractivity contribution in [1.29, 1.82) is 0 Å². The predicted molar refractivity (Wildman–Crippen MR) is 101 cm³/mol. The van der Waals surface area contributed by atoms with Crippen LogP contribution in [0.25, 0.3) is 0 Å². The molecule has 3 saturated carbocycles. The van der Waals surface area contributed by atoms with Gasteiger partial charge in [0.25, 0.3) is 0 Å². The smallest absolute Gasteiger partial charge is 0.324 e. The van der Waals surface area contributed by atoms with E-state index >= 15 is 0 Å². The Morgan fingerprint density at radius 2 is 1.93 bits per heavy atom. The van der Waals surface area contributed by atoms with Crippen LogP contribution in [-0.2, 0) is 28.6 Å². The Morgan fingerprint density at radius 1 is 1.23 bits per heavy atom. The van der Waals surface area contributed by atoms with E-state index < -0.39 is 70.9 Å². The van der Waals surface area contributed by atoms with Gasteiger partial charge in [-0.2, -0.15) is 0 Å². The maximum absolute atomic E-state index is 13.6. The molecule has 5 aliphatic rings. The van der Waals surface area contributed by atoms with Gasteiger partial charge in [-0.05, 0) is 30.3 Å². The molecular weight excluding hydrogens is 392 g/mol. The zero-order chi connectivity index (χ0) is 21.8. The van der Waals surface area contributed by atoms with E-state index in [2.05, 4.69) is 6.58 Å². The van der Waals surface area contributed by atoms with Crippen LogP contribution in [0.3, 0.4) is 0 Å². The highest BCUT2D eigenvalue weighted by molar-refractivity contribution is 6.16. The number of ketones is 1. The lowest BCUT2D eigenvalue weighted by Gasteiger charge is -2.63. The quantitative estimate of drug-likeness (QED) is 0.362. The van der Waals surface area contributed by atoms with Crippen molar-refractivity contribution in [2.24, 2.45) is 34.0 Å². The summed E-state index contributed by atoms with van der Waals surface area (Å²) in [5.74, 6) is -3.90. The van der Waals surface area contributed by atoms with Gasteiger partial charge in [-0.15, -0.1) is 0 Å². The number of aliphatic hydroxyl groups excluding tert-OH is 2. The summed E-state index contributed by atoms with van der Waals surface area (Å²) in [7, 11) is 0. The second kappa shape index (κ2) is 5.93. The van der Waals surface area contributed by atoms with Gasteiger partial charge in [0.2, 0.25) is 0 Å². The molecular formula is C22H28O8. The van der Waals surface area contributed by atoms with E-state index in [4.69, 9.17) is 14.2 Å². The first-order chi connectivity index (χ1) is 14.0. The van der Waals surface area contributed by atoms with E-state index in [1.54, 1.807) is 0 Å². The molecule has 30 heavy (non-hydrogen) atoms. The number of aliphatic hydroxyl groups is 2. The van der Waals surface area contributed by atoms with Crippen LogP contribution in [0.2, 0.25) is 0 Å². The Morgan fingerprint density at radius 3 is 2.60 bits per heavy atom. The summed E-state index contributed by atoms with van der Waals surface area (Å²) in [6.45, 7) is 9.21. The van der Waals surface area contributed by atoms with Crippen molar-refractivity contribution in [2.75, 3.05) is 6.61 Å². The zero-order valence-electron chi connectivity index (χ0n) is 17.4. The molecule has 2 aliphatic heterocycles. The van der Waals surface area contributed by atoms with E-state index in [1.807, 2.05) is 13.8 Å². The number of hydrogen-bond donors (Lipinski definition) is 2. The molecule has 164 valence electrons. The summed E-state index contributed by atoms with van der Waals surface area (Å²) in [4.78, 5) is 39.0. The minimum Gasteiger partial charge on any atom is -0.461 e. The van der Waals surface area contributed by atoms with Crippen LogP contribution < -0.4 is 0 Å². The van der Waals surface area contributed by atoms with Gasteiger partial charge in [0.15, 0.2) is 17.5 Å².